The predicted octanol–water partition coefficient (Wildman–Crippen LogP) is 1.91. The van der Waals surface area contributed by atoms with Crippen molar-refractivity contribution in [3.63, 3.8) is 0 Å². The SMILES string of the molecule is CC(O)(CNC(=O)c1ccccc1S(=O)(=O)C(F)F)c1ccco1. The third-order valence-electron chi connectivity index (χ3n) is 3.32. The molecule has 6 nitrogen and oxygen atoms in total. The molecule has 0 saturated heterocycles. The van der Waals surface area contributed by atoms with Crippen molar-refractivity contribution >= 4 is 15.7 Å². The number of furan rings is 1. The van der Waals surface area contributed by atoms with Gasteiger partial charge in [0.05, 0.1) is 23.3 Å². The van der Waals surface area contributed by atoms with Gasteiger partial charge in [-0.05, 0) is 31.2 Å². The van der Waals surface area contributed by atoms with Crippen molar-refractivity contribution in [3.8, 4) is 0 Å². The minimum Gasteiger partial charge on any atom is -0.466 e. The number of rotatable bonds is 6. The number of hydrogen-bond acceptors (Lipinski definition) is 5. The summed E-state index contributed by atoms with van der Waals surface area (Å²) in [5.41, 5.74) is -1.97. The molecular formula is C15H15F2NO5S. The lowest BCUT2D eigenvalue weighted by Crippen LogP contribution is -2.38. The Balaban J connectivity index is 2.23. The van der Waals surface area contributed by atoms with E-state index in [1.54, 1.807) is 6.07 Å². The van der Waals surface area contributed by atoms with E-state index in [4.69, 9.17) is 4.42 Å². The highest BCUT2D eigenvalue weighted by Gasteiger charge is 2.32. The molecule has 130 valence electrons. The van der Waals surface area contributed by atoms with Gasteiger partial charge in [-0.2, -0.15) is 8.78 Å². The summed E-state index contributed by atoms with van der Waals surface area (Å²) >= 11 is 0. The van der Waals surface area contributed by atoms with Crippen molar-refractivity contribution in [2.24, 2.45) is 0 Å². The van der Waals surface area contributed by atoms with Crippen LogP contribution in [0.5, 0.6) is 0 Å². The number of carbonyl (C=O) groups is 1. The van der Waals surface area contributed by atoms with Gasteiger partial charge in [-0.25, -0.2) is 8.42 Å². The largest absolute Gasteiger partial charge is 0.466 e. The van der Waals surface area contributed by atoms with E-state index in [0.29, 0.717) is 0 Å². The molecule has 0 aliphatic heterocycles. The molecule has 2 N–H and O–H groups in total. The van der Waals surface area contributed by atoms with Crippen molar-refractivity contribution in [1.29, 1.82) is 0 Å². The fourth-order valence-electron chi connectivity index (χ4n) is 2.02. The summed E-state index contributed by atoms with van der Waals surface area (Å²) < 4.78 is 53.8. The molecule has 0 saturated carbocycles. The van der Waals surface area contributed by atoms with Gasteiger partial charge in [0.15, 0.2) is 0 Å². The maximum atomic E-state index is 12.7. The molecule has 1 atom stereocenters. The molecule has 0 bridgehead atoms. The van der Waals surface area contributed by atoms with E-state index in [1.807, 2.05) is 0 Å². The van der Waals surface area contributed by atoms with Crippen LogP contribution in [-0.4, -0.2) is 31.7 Å². The number of hydrogen-bond donors (Lipinski definition) is 2. The molecule has 1 aromatic heterocycles. The van der Waals surface area contributed by atoms with Gasteiger partial charge < -0.3 is 14.8 Å². The van der Waals surface area contributed by atoms with Crippen molar-refractivity contribution < 1.29 is 31.5 Å². The van der Waals surface area contributed by atoms with Crippen LogP contribution in [-0.2, 0) is 15.4 Å². The molecule has 0 aliphatic rings. The summed E-state index contributed by atoms with van der Waals surface area (Å²) in [6.07, 6.45) is 1.34. The average Bonchev–Trinajstić information content (AvgIpc) is 3.08. The first kappa shape index (κ1) is 18.1. The fourth-order valence-corrected chi connectivity index (χ4v) is 2.95. The number of carbonyl (C=O) groups excluding carboxylic acids is 1. The van der Waals surface area contributed by atoms with E-state index >= 15 is 0 Å². The Labute approximate surface area is 137 Å². The van der Waals surface area contributed by atoms with Gasteiger partial charge in [-0.15, -0.1) is 0 Å². The third-order valence-corrected chi connectivity index (χ3v) is 4.76. The smallest absolute Gasteiger partial charge is 0.341 e. The second-order valence-electron chi connectivity index (χ2n) is 5.24. The summed E-state index contributed by atoms with van der Waals surface area (Å²) in [4.78, 5) is 11.4. The zero-order valence-electron chi connectivity index (χ0n) is 12.6. The van der Waals surface area contributed by atoms with E-state index in [2.05, 4.69) is 5.32 Å². The zero-order chi connectivity index (χ0) is 18.0. The van der Waals surface area contributed by atoms with Crippen LogP contribution in [0.2, 0.25) is 0 Å². The highest BCUT2D eigenvalue weighted by molar-refractivity contribution is 7.91. The van der Waals surface area contributed by atoms with Crippen LogP contribution >= 0.6 is 0 Å². The first-order valence-electron chi connectivity index (χ1n) is 6.82. The lowest BCUT2D eigenvalue weighted by molar-refractivity contribution is 0.0330. The molecule has 0 spiro atoms. The van der Waals surface area contributed by atoms with Gasteiger partial charge >= 0.3 is 5.76 Å². The average molecular weight is 359 g/mol. The van der Waals surface area contributed by atoms with Crippen molar-refractivity contribution in [1.82, 2.24) is 5.32 Å². The van der Waals surface area contributed by atoms with Crippen LogP contribution in [0.3, 0.4) is 0 Å². The van der Waals surface area contributed by atoms with Crippen molar-refractivity contribution in [3.05, 3.63) is 54.0 Å². The molecule has 0 radical (unpaired) electrons. The molecule has 24 heavy (non-hydrogen) atoms. The maximum Gasteiger partial charge on any atom is 0.341 e. The van der Waals surface area contributed by atoms with Crippen molar-refractivity contribution in [2.45, 2.75) is 23.2 Å². The van der Waals surface area contributed by atoms with Crippen LogP contribution in [0.4, 0.5) is 8.78 Å². The number of aliphatic hydroxyl groups is 1. The van der Waals surface area contributed by atoms with Crippen LogP contribution in [0.1, 0.15) is 23.0 Å². The second-order valence-corrected chi connectivity index (χ2v) is 7.12. The van der Waals surface area contributed by atoms with Gasteiger partial charge in [-0.3, -0.25) is 4.79 Å². The van der Waals surface area contributed by atoms with E-state index in [1.165, 1.54) is 31.4 Å². The summed E-state index contributed by atoms with van der Waals surface area (Å²) in [5, 5.41) is 12.6. The summed E-state index contributed by atoms with van der Waals surface area (Å²) in [5.74, 6) is -4.35. The van der Waals surface area contributed by atoms with Crippen LogP contribution in [0, 0.1) is 0 Å². The van der Waals surface area contributed by atoms with Crippen molar-refractivity contribution in [2.75, 3.05) is 6.54 Å². The predicted molar refractivity (Wildman–Crippen MR) is 80.2 cm³/mol. The fraction of sp³-hybridized carbons (Fsp3) is 0.267. The van der Waals surface area contributed by atoms with Crippen LogP contribution in [0.25, 0.3) is 0 Å². The third kappa shape index (κ3) is 3.62. The molecule has 1 heterocycles. The van der Waals surface area contributed by atoms with E-state index in [-0.39, 0.29) is 12.3 Å². The highest BCUT2D eigenvalue weighted by Crippen LogP contribution is 2.23. The molecule has 0 fully saturated rings. The molecule has 1 unspecified atom stereocenters. The normalized spacial score (nSPS) is 14.4. The number of nitrogens with one attached hydrogen (secondary N) is 1. The second kappa shape index (κ2) is 6.70. The lowest BCUT2D eigenvalue weighted by Gasteiger charge is -2.21. The number of benzene rings is 1. The summed E-state index contributed by atoms with van der Waals surface area (Å²) in [7, 11) is -4.92. The Morgan fingerprint density at radius 1 is 1.29 bits per heavy atom. The Hall–Kier alpha value is -2.26. The van der Waals surface area contributed by atoms with Crippen LogP contribution in [0.15, 0.2) is 52.0 Å². The standard InChI is InChI=1S/C15H15F2NO5S/c1-15(20,12-7-4-8-23-12)9-18-13(19)10-5-2-3-6-11(10)24(21,22)14(16)17/h2-8,14,20H,9H2,1H3,(H,18,19). The summed E-state index contributed by atoms with van der Waals surface area (Å²) in [6.45, 7) is 1.08. The Kier molecular flexibility index (Phi) is 5.05. The topological polar surface area (TPSA) is 96.6 Å². The molecule has 2 aromatic rings. The van der Waals surface area contributed by atoms with Gasteiger partial charge in [0.25, 0.3) is 5.91 Å². The van der Waals surface area contributed by atoms with Gasteiger partial charge in [0, 0.05) is 0 Å². The Bertz CT molecular complexity index is 816. The van der Waals surface area contributed by atoms with Gasteiger partial charge in [0.2, 0.25) is 9.84 Å². The molecule has 2 rings (SSSR count). The number of amides is 1. The maximum absolute atomic E-state index is 12.7. The lowest BCUT2D eigenvalue weighted by atomic mass is 10.0. The highest BCUT2D eigenvalue weighted by atomic mass is 32.2. The molecule has 9 heteroatoms. The molecule has 0 aliphatic carbocycles. The quantitative estimate of drug-likeness (QED) is 0.821. The molecular weight excluding hydrogens is 344 g/mol. The number of alkyl halides is 2. The van der Waals surface area contributed by atoms with E-state index in [9.17, 15) is 27.1 Å². The van der Waals surface area contributed by atoms with E-state index in [0.717, 1.165) is 12.1 Å². The number of halogens is 2. The monoisotopic (exact) mass is 359 g/mol. The summed E-state index contributed by atoms with van der Waals surface area (Å²) in [6, 6.07) is 7.69. The zero-order valence-corrected chi connectivity index (χ0v) is 13.4. The van der Waals surface area contributed by atoms with Gasteiger partial charge in [-0.1, -0.05) is 12.1 Å². The van der Waals surface area contributed by atoms with E-state index < -0.39 is 37.6 Å². The first-order chi connectivity index (χ1) is 11.2. The Morgan fingerprint density at radius 2 is 1.96 bits per heavy atom. The molecule has 1 aromatic carbocycles. The van der Waals surface area contributed by atoms with Crippen LogP contribution < -0.4 is 5.32 Å². The minimum absolute atomic E-state index is 0.191. The molecule has 1 amide bonds. The Morgan fingerprint density at radius 3 is 2.54 bits per heavy atom. The van der Waals surface area contributed by atoms with Gasteiger partial charge in [0.1, 0.15) is 11.4 Å². The minimum atomic E-state index is -4.92. The number of sulfone groups is 1. The first-order valence-corrected chi connectivity index (χ1v) is 8.36.